The first kappa shape index (κ1) is 23.2. The zero-order valence-corrected chi connectivity index (χ0v) is 20.2. The molecule has 2 aromatic heterocycles. The lowest BCUT2D eigenvalue weighted by Crippen LogP contribution is -2.38. The Kier molecular flexibility index (Phi) is 6.88. The molecule has 7 nitrogen and oxygen atoms in total. The smallest absolute Gasteiger partial charge is 0.228 e. The Bertz CT molecular complexity index is 1320. The Hall–Kier alpha value is -3.55. The van der Waals surface area contributed by atoms with E-state index in [0.717, 1.165) is 64.8 Å². The quantitative estimate of drug-likeness (QED) is 0.355. The predicted octanol–water partition coefficient (Wildman–Crippen LogP) is 4.88. The molecule has 3 heterocycles. The van der Waals surface area contributed by atoms with Crippen LogP contribution in [-0.4, -0.2) is 45.3 Å². The summed E-state index contributed by atoms with van der Waals surface area (Å²) < 4.78 is 6.49. The van der Waals surface area contributed by atoms with E-state index in [1.807, 2.05) is 31.2 Å². The fourth-order valence-electron chi connectivity index (χ4n) is 4.64. The van der Waals surface area contributed by atoms with Crippen LogP contribution < -0.4 is 15.4 Å². The highest BCUT2D eigenvalue weighted by Crippen LogP contribution is 2.37. The van der Waals surface area contributed by atoms with Gasteiger partial charge < -0.3 is 20.5 Å². The summed E-state index contributed by atoms with van der Waals surface area (Å²) in [5.74, 6) is 1.86. The average Bonchev–Trinajstić information content (AvgIpc) is 2.87. The van der Waals surface area contributed by atoms with Crippen LogP contribution in [0.1, 0.15) is 30.9 Å². The van der Waals surface area contributed by atoms with Gasteiger partial charge in [-0.1, -0.05) is 30.3 Å². The normalized spacial score (nSPS) is 16.7. The molecule has 1 aliphatic heterocycles. The minimum Gasteiger partial charge on any atom is -0.437 e. The Labute approximate surface area is 205 Å². The molecule has 7 heteroatoms. The summed E-state index contributed by atoms with van der Waals surface area (Å²) in [6.07, 6.45) is 5.90. The molecule has 5 rings (SSSR count). The first-order valence-corrected chi connectivity index (χ1v) is 12.2. The van der Waals surface area contributed by atoms with E-state index in [1.54, 1.807) is 19.3 Å². The number of pyridine rings is 1. The Balaban J connectivity index is 1.49. The summed E-state index contributed by atoms with van der Waals surface area (Å²) in [7, 11) is 0. The van der Waals surface area contributed by atoms with Gasteiger partial charge in [0.15, 0.2) is 0 Å². The van der Waals surface area contributed by atoms with Crippen LogP contribution in [0.3, 0.4) is 0 Å². The molecular weight excluding hydrogens is 438 g/mol. The van der Waals surface area contributed by atoms with Crippen LogP contribution in [0.15, 0.2) is 60.9 Å². The summed E-state index contributed by atoms with van der Waals surface area (Å²) in [6.45, 7) is 5.81. The topological polar surface area (TPSA) is 92.2 Å². The van der Waals surface area contributed by atoms with Gasteiger partial charge in [-0.15, -0.1) is 0 Å². The fraction of sp³-hybridized carbons (Fsp3) is 0.321. The number of benzene rings is 2. The first-order valence-electron chi connectivity index (χ1n) is 12.2. The molecule has 2 aromatic carbocycles. The van der Waals surface area contributed by atoms with Crippen molar-refractivity contribution in [3.8, 4) is 22.9 Å². The molecule has 0 radical (unpaired) electrons. The van der Waals surface area contributed by atoms with Gasteiger partial charge in [-0.25, -0.2) is 15.0 Å². The van der Waals surface area contributed by atoms with Crippen molar-refractivity contribution in [2.75, 3.05) is 18.4 Å². The molecule has 0 bridgehead atoms. The van der Waals surface area contributed by atoms with Crippen LogP contribution >= 0.6 is 0 Å². The Morgan fingerprint density at radius 1 is 1.09 bits per heavy atom. The lowest BCUT2D eigenvalue weighted by Gasteiger charge is -2.23. The van der Waals surface area contributed by atoms with Crippen molar-refractivity contribution in [1.82, 2.24) is 20.3 Å². The maximum atomic E-state index is 9.95. The molecule has 1 saturated heterocycles. The molecule has 2 atom stereocenters. The fourth-order valence-corrected chi connectivity index (χ4v) is 4.64. The average molecular weight is 470 g/mol. The van der Waals surface area contributed by atoms with Crippen molar-refractivity contribution in [3.63, 3.8) is 0 Å². The van der Waals surface area contributed by atoms with Crippen LogP contribution in [0, 0.1) is 6.92 Å². The van der Waals surface area contributed by atoms with Crippen molar-refractivity contribution in [1.29, 1.82) is 0 Å². The largest absolute Gasteiger partial charge is 0.437 e. The molecule has 4 aromatic rings. The molecule has 0 saturated carbocycles. The second-order valence-electron chi connectivity index (χ2n) is 9.19. The summed E-state index contributed by atoms with van der Waals surface area (Å²) in [6, 6.07) is 16.3. The molecule has 1 aliphatic rings. The molecule has 180 valence electrons. The number of piperidine rings is 1. The lowest BCUT2D eigenvalue weighted by molar-refractivity contribution is 0.196. The molecule has 1 fully saturated rings. The van der Waals surface area contributed by atoms with Crippen molar-refractivity contribution in [3.05, 3.63) is 72.1 Å². The molecule has 0 aliphatic carbocycles. The number of ether oxygens (including phenoxy) is 1. The van der Waals surface area contributed by atoms with Gasteiger partial charge >= 0.3 is 0 Å². The number of aliphatic hydroxyl groups excluding tert-OH is 1. The minimum absolute atomic E-state index is 0.317. The van der Waals surface area contributed by atoms with Gasteiger partial charge in [-0.2, -0.15) is 0 Å². The molecular formula is C28H31N5O2. The number of anilines is 1. The van der Waals surface area contributed by atoms with Gasteiger partial charge in [0, 0.05) is 30.4 Å². The number of nitrogens with one attached hydrogen (secondary N) is 2. The van der Waals surface area contributed by atoms with Gasteiger partial charge in [0.05, 0.1) is 17.4 Å². The zero-order chi connectivity index (χ0) is 24.2. The predicted molar refractivity (Wildman–Crippen MR) is 139 cm³/mol. The summed E-state index contributed by atoms with van der Waals surface area (Å²) >= 11 is 0. The van der Waals surface area contributed by atoms with Crippen LogP contribution in [0.4, 0.5) is 5.95 Å². The highest BCUT2D eigenvalue weighted by Gasteiger charge is 2.17. The van der Waals surface area contributed by atoms with Crippen LogP contribution in [0.5, 0.6) is 11.6 Å². The van der Waals surface area contributed by atoms with Crippen molar-refractivity contribution < 1.29 is 9.84 Å². The van der Waals surface area contributed by atoms with E-state index in [0.29, 0.717) is 24.3 Å². The first-order chi connectivity index (χ1) is 17.1. The van der Waals surface area contributed by atoms with Crippen LogP contribution in [0.25, 0.3) is 22.0 Å². The third-order valence-electron chi connectivity index (χ3n) is 6.35. The van der Waals surface area contributed by atoms with Crippen molar-refractivity contribution >= 4 is 16.7 Å². The van der Waals surface area contributed by atoms with Gasteiger partial charge in [0.2, 0.25) is 11.8 Å². The molecule has 35 heavy (non-hydrogen) atoms. The van der Waals surface area contributed by atoms with Gasteiger partial charge in [-0.05, 0) is 74.4 Å². The van der Waals surface area contributed by atoms with E-state index in [-0.39, 0.29) is 0 Å². The molecule has 1 unspecified atom stereocenters. The van der Waals surface area contributed by atoms with E-state index in [4.69, 9.17) is 9.72 Å². The van der Waals surface area contributed by atoms with Gasteiger partial charge in [-0.3, -0.25) is 0 Å². The third-order valence-corrected chi connectivity index (χ3v) is 6.35. The summed E-state index contributed by atoms with van der Waals surface area (Å²) in [4.78, 5) is 13.8. The number of nitrogens with zero attached hydrogens (tertiary/aromatic N) is 3. The number of hydrogen-bond acceptors (Lipinski definition) is 7. The molecule has 0 spiro atoms. The SMILES string of the molecule is Cc1ccc2c(CC(C)O)cccc2c1Oc1ncccc1-c1ccnc(N[C@H]2CCCNC2)n1. The highest BCUT2D eigenvalue weighted by atomic mass is 16.5. The number of hydrogen-bond donors (Lipinski definition) is 3. The second kappa shape index (κ2) is 10.4. The Morgan fingerprint density at radius 3 is 2.83 bits per heavy atom. The van der Waals surface area contributed by atoms with E-state index in [1.165, 1.54) is 0 Å². The van der Waals surface area contributed by atoms with Crippen LogP contribution in [0.2, 0.25) is 0 Å². The third kappa shape index (κ3) is 5.26. The number of rotatable bonds is 7. The van der Waals surface area contributed by atoms with E-state index < -0.39 is 6.10 Å². The van der Waals surface area contributed by atoms with Crippen molar-refractivity contribution in [2.24, 2.45) is 0 Å². The second-order valence-corrected chi connectivity index (χ2v) is 9.19. The molecule has 0 amide bonds. The lowest BCUT2D eigenvalue weighted by atomic mass is 9.98. The van der Waals surface area contributed by atoms with Gasteiger partial charge in [0.25, 0.3) is 0 Å². The number of aliphatic hydroxyl groups is 1. The summed E-state index contributed by atoms with van der Waals surface area (Å²) in [5.41, 5.74) is 3.66. The zero-order valence-electron chi connectivity index (χ0n) is 20.2. The summed E-state index contributed by atoms with van der Waals surface area (Å²) in [5, 5.41) is 18.9. The van der Waals surface area contributed by atoms with E-state index >= 15 is 0 Å². The monoisotopic (exact) mass is 469 g/mol. The Morgan fingerprint density at radius 2 is 2.00 bits per heavy atom. The number of fused-ring (bicyclic) bond motifs is 1. The van der Waals surface area contributed by atoms with Gasteiger partial charge in [0.1, 0.15) is 5.75 Å². The van der Waals surface area contributed by atoms with E-state index in [2.05, 4.69) is 44.9 Å². The minimum atomic E-state index is -0.418. The molecule has 3 N–H and O–H groups in total. The van der Waals surface area contributed by atoms with Crippen LogP contribution in [-0.2, 0) is 6.42 Å². The standard InChI is InChI=1S/C28H31N5O2/c1-18-10-11-22-20(16-19(2)34)6-3-8-23(22)26(18)35-27-24(9-5-14-30-27)25-12-15-31-28(33-25)32-21-7-4-13-29-17-21/h3,5-6,8-12,14-15,19,21,29,34H,4,7,13,16-17H2,1-2H3,(H,31,32,33)/t19?,21-/m0/s1. The van der Waals surface area contributed by atoms with Crippen molar-refractivity contribution in [2.45, 2.75) is 45.3 Å². The maximum Gasteiger partial charge on any atom is 0.228 e. The highest BCUT2D eigenvalue weighted by molar-refractivity contribution is 5.92. The number of aryl methyl sites for hydroxylation is 1. The maximum absolute atomic E-state index is 9.95. The van der Waals surface area contributed by atoms with E-state index in [9.17, 15) is 5.11 Å². The number of aromatic nitrogens is 3.